The van der Waals surface area contributed by atoms with E-state index in [4.69, 9.17) is 0 Å². The van der Waals surface area contributed by atoms with E-state index in [1.807, 2.05) is 12.1 Å². The summed E-state index contributed by atoms with van der Waals surface area (Å²) in [5.74, 6) is 0. The molecule has 5 heteroatoms. The normalized spacial score (nSPS) is 28.6. The van der Waals surface area contributed by atoms with Gasteiger partial charge in [0.2, 0.25) is 0 Å². The number of hydrogen-bond acceptors (Lipinski definition) is 4. The molecule has 2 aliphatic rings. The number of benzene rings is 1. The van der Waals surface area contributed by atoms with Crippen molar-refractivity contribution >= 4 is 15.5 Å². The maximum atomic E-state index is 12.1. The zero-order valence-corrected chi connectivity index (χ0v) is 13.6. The molecule has 0 amide bonds. The van der Waals surface area contributed by atoms with Gasteiger partial charge >= 0.3 is 0 Å². The molecule has 0 aromatic heterocycles. The molecular weight excluding hydrogens is 284 g/mol. The monoisotopic (exact) mass is 308 g/mol. The lowest BCUT2D eigenvalue weighted by molar-refractivity contribution is 0.348. The van der Waals surface area contributed by atoms with Crippen LogP contribution in [0.2, 0.25) is 0 Å². The first kappa shape index (κ1) is 14.9. The Labute approximate surface area is 127 Å². The second-order valence-corrected chi connectivity index (χ2v) is 8.27. The highest BCUT2D eigenvalue weighted by molar-refractivity contribution is 7.90. The van der Waals surface area contributed by atoms with E-state index in [1.165, 1.54) is 19.1 Å². The first-order chi connectivity index (χ1) is 9.99. The van der Waals surface area contributed by atoms with Gasteiger partial charge in [-0.2, -0.15) is 0 Å². The van der Waals surface area contributed by atoms with Gasteiger partial charge in [-0.1, -0.05) is 12.1 Å². The SMILES string of the molecule is CCN(c1ccccc1S(C)(=O)=O)C1CC2CCC(C1)N2. The number of piperidine rings is 1. The van der Waals surface area contributed by atoms with Gasteiger partial charge in [0.1, 0.15) is 0 Å². The Morgan fingerprint density at radius 2 is 1.81 bits per heavy atom. The second-order valence-electron chi connectivity index (χ2n) is 6.29. The van der Waals surface area contributed by atoms with Crippen LogP contribution in [0.3, 0.4) is 0 Å². The van der Waals surface area contributed by atoms with Crippen LogP contribution in [0.1, 0.15) is 32.6 Å². The van der Waals surface area contributed by atoms with E-state index < -0.39 is 9.84 Å². The lowest BCUT2D eigenvalue weighted by atomic mass is 9.97. The van der Waals surface area contributed by atoms with Crippen molar-refractivity contribution in [3.05, 3.63) is 24.3 Å². The molecule has 2 fully saturated rings. The van der Waals surface area contributed by atoms with Crippen LogP contribution in [0, 0.1) is 0 Å². The molecule has 1 aromatic carbocycles. The van der Waals surface area contributed by atoms with E-state index in [0.717, 1.165) is 25.1 Å². The highest BCUT2D eigenvalue weighted by Crippen LogP contribution is 2.34. The Hall–Kier alpha value is -1.07. The smallest absolute Gasteiger partial charge is 0.177 e. The van der Waals surface area contributed by atoms with Crippen molar-refractivity contribution in [1.29, 1.82) is 0 Å². The lowest BCUT2D eigenvalue weighted by Gasteiger charge is -2.39. The number of fused-ring (bicyclic) bond motifs is 2. The quantitative estimate of drug-likeness (QED) is 0.926. The molecule has 1 aromatic rings. The molecule has 0 aliphatic carbocycles. The number of anilines is 1. The van der Waals surface area contributed by atoms with Gasteiger partial charge in [0, 0.05) is 30.9 Å². The average Bonchev–Trinajstić information content (AvgIpc) is 2.78. The molecule has 4 nitrogen and oxygen atoms in total. The molecule has 2 bridgehead atoms. The van der Waals surface area contributed by atoms with Crippen LogP contribution >= 0.6 is 0 Å². The van der Waals surface area contributed by atoms with Crippen molar-refractivity contribution in [2.45, 2.75) is 55.6 Å². The molecule has 2 unspecified atom stereocenters. The number of hydrogen-bond donors (Lipinski definition) is 1. The molecule has 2 atom stereocenters. The zero-order chi connectivity index (χ0) is 15.0. The van der Waals surface area contributed by atoms with Gasteiger partial charge in [-0.05, 0) is 44.7 Å². The summed E-state index contributed by atoms with van der Waals surface area (Å²) in [6.07, 6.45) is 6.04. The van der Waals surface area contributed by atoms with Gasteiger partial charge < -0.3 is 10.2 Å². The third kappa shape index (κ3) is 2.94. The van der Waals surface area contributed by atoms with Crippen molar-refractivity contribution in [3.63, 3.8) is 0 Å². The van der Waals surface area contributed by atoms with Gasteiger partial charge in [-0.15, -0.1) is 0 Å². The fourth-order valence-electron chi connectivity index (χ4n) is 3.91. The summed E-state index contributed by atoms with van der Waals surface area (Å²) in [5.41, 5.74) is 0.869. The number of rotatable bonds is 4. The average molecular weight is 308 g/mol. The lowest BCUT2D eigenvalue weighted by Crippen LogP contribution is -2.48. The van der Waals surface area contributed by atoms with E-state index >= 15 is 0 Å². The summed E-state index contributed by atoms with van der Waals surface area (Å²) in [5, 5.41) is 3.65. The molecule has 2 saturated heterocycles. The van der Waals surface area contributed by atoms with Crippen LogP contribution in [0.5, 0.6) is 0 Å². The summed E-state index contributed by atoms with van der Waals surface area (Å²) in [6.45, 7) is 2.96. The molecule has 0 spiro atoms. The first-order valence-electron chi connectivity index (χ1n) is 7.81. The molecule has 21 heavy (non-hydrogen) atoms. The molecule has 0 saturated carbocycles. The van der Waals surface area contributed by atoms with E-state index in [9.17, 15) is 8.42 Å². The predicted octanol–water partition coefficient (Wildman–Crippen LogP) is 2.20. The number of sulfone groups is 1. The van der Waals surface area contributed by atoms with Crippen molar-refractivity contribution in [3.8, 4) is 0 Å². The summed E-state index contributed by atoms with van der Waals surface area (Å²) in [7, 11) is -3.20. The van der Waals surface area contributed by atoms with Gasteiger partial charge in [0.05, 0.1) is 10.6 Å². The predicted molar refractivity (Wildman–Crippen MR) is 85.5 cm³/mol. The van der Waals surface area contributed by atoms with E-state index in [0.29, 0.717) is 23.0 Å². The third-order valence-electron chi connectivity index (χ3n) is 4.80. The van der Waals surface area contributed by atoms with E-state index in [-0.39, 0.29) is 0 Å². The zero-order valence-electron chi connectivity index (χ0n) is 12.7. The first-order valence-corrected chi connectivity index (χ1v) is 9.70. The van der Waals surface area contributed by atoms with Crippen LogP contribution in [-0.4, -0.2) is 39.3 Å². The Balaban J connectivity index is 1.94. The minimum absolute atomic E-state index is 0.441. The minimum atomic E-state index is -3.20. The van der Waals surface area contributed by atoms with Crippen molar-refractivity contribution < 1.29 is 8.42 Å². The Morgan fingerprint density at radius 1 is 1.19 bits per heavy atom. The summed E-state index contributed by atoms with van der Waals surface area (Å²) in [6, 6.07) is 9.06. The fraction of sp³-hybridized carbons (Fsp3) is 0.625. The molecule has 116 valence electrons. The maximum Gasteiger partial charge on any atom is 0.177 e. The second kappa shape index (κ2) is 5.61. The number of para-hydroxylation sites is 1. The van der Waals surface area contributed by atoms with Crippen LogP contribution < -0.4 is 10.2 Å². The molecule has 0 radical (unpaired) electrons. The van der Waals surface area contributed by atoms with Crippen LogP contribution in [-0.2, 0) is 9.84 Å². The molecule has 2 aliphatic heterocycles. The van der Waals surface area contributed by atoms with Crippen LogP contribution in [0.25, 0.3) is 0 Å². The highest BCUT2D eigenvalue weighted by Gasteiger charge is 2.36. The van der Waals surface area contributed by atoms with Gasteiger partial charge in [-0.25, -0.2) is 8.42 Å². The topological polar surface area (TPSA) is 49.4 Å². The molecular formula is C16H24N2O2S. The maximum absolute atomic E-state index is 12.1. The fourth-order valence-corrected chi connectivity index (χ4v) is 4.81. The molecule has 3 rings (SSSR count). The van der Waals surface area contributed by atoms with Gasteiger partial charge in [-0.3, -0.25) is 0 Å². The summed E-state index contributed by atoms with van der Waals surface area (Å²) in [4.78, 5) is 2.75. The van der Waals surface area contributed by atoms with Gasteiger partial charge in [0.15, 0.2) is 9.84 Å². The summed E-state index contributed by atoms with van der Waals surface area (Å²) >= 11 is 0. The largest absolute Gasteiger partial charge is 0.368 e. The Morgan fingerprint density at radius 3 is 2.38 bits per heavy atom. The van der Waals surface area contributed by atoms with E-state index in [2.05, 4.69) is 17.1 Å². The van der Waals surface area contributed by atoms with Crippen LogP contribution in [0.4, 0.5) is 5.69 Å². The third-order valence-corrected chi connectivity index (χ3v) is 5.95. The van der Waals surface area contributed by atoms with Crippen molar-refractivity contribution in [2.75, 3.05) is 17.7 Å². The van der Waals surface area contributed by atoms with Crippen molar-refractivity contribution in [2.24, 2.45) is 0 Å². The minimum Gasteiger partial charge on any atom is -0.368 e. The Bertz CT molecular complexity index is 602. The summed E-state index contributed by atoms with van der Waals surface area (Å²) < 4.78 is 24.1. The molecule has 1 N–H and O–H groups in total. The van der Waals surface area contributed by atoms with Crippen LogP contribution in [0.15, 0.2) is 29.2 Å². The van der Waals surface area contributed by atoms with Crippen molar-refractivity contribution in [1.82, 2.24) is 5.32 Å². The highest BCUT2D eigenvalue weighted by atomic mass is 32.2. The number of nitrogens with one attached hydrogen (secondary N) is 1. The molecule has 2 heterocycles. The van der Waals surface area contributed by atoms with E-state index in [1.54, 1.807) is 12.1 Å². The number of nitrogens with zero attached hydrogens (tertiary/aromatic N) is 1. The Kier molecular flexibility index (Phi) is 3.97. The van der Waals surface area contributed by atoms with Gasteiger partial charge in [0.25, 0.3) is 0 Å². The standard InChI is InChI=1S/C16H24N2O2S/c1-3-18(14-10-12-8-9-13(11-14)17-12)15-6-4-5-7-16(15)21(2,19)20/h4-7,12-14,17H,3,8-11H2,1-2H3.